The van der Waals surface area contributed by atoms with E-state index in [4.69, 9.17) is 28.1 Å². The molecule has 13 atom stereocenters. The second-order valence-corrected chi connectivity index (χ2v) is 14.2. The summed E-state index contributed by atoms with van der Waals surface area (Å²) in [7, 11) is 1.33. The smallest absolute Gasteiger partial charge is 0.306 e. The Labute approximate surface area is 231 Å². The van der Waals surface area contributed by atoms with E-state index >= 15 is 0 Å². The average Bonchev–Trinajstić information content (AvgIpc) is 3.59. The van der Waals surface area contributed by atoms with Crippen LogP contribution in [-0.4, -0.2) is 75.0 Å². The van der Waals surface area contributed by atoms with Gasteiger partial charge in [0.25, 0.3) is 5.97 Å². The van der Waals surface area contributed by atoms with Crippen LogP contribution in [0.5, 0.6) is 0 Å². The van der Waals surface area contributed by atoms with Crippen molar-refractivity contribution in [3.63, 3.8) is 0 Å². The number of aliphatic hydroxyl groups excluding tert-OH is 2. The van der Waals surface area contributed by atoms with Gasteiger partial charge in [-0.1, -0.05) is 20.8 Å². The van der Waals surface area contributed by atoms with Gasteiger partial charge in [-0.05, 0) is 31.2 Å². The number of fused-ring (bicyclic) bond motifs is 3. The lowest BCUT2D eigenvalue weighted by molar-refractivity contribution is -0.479. The Balaban J connectivity index is 1.43. The van der Waals surface area contributed by atoms with E-state index in [9.17, 15) is 24.9 Å². The largest absolute Gasteiger partial charge is 0.472 e. The zero-order valence-corrected chi connectivity index (χ0v) is 23.3. The molecule has 4 saturated carbocycles. The van der Waals surface area contributed by atoms with E-state index in [-0.39, 0.29) is 19.3 Å². The summed E-state index contributed by atoms with van der Waals surface area (Å²) in [5.74, 6) is -3.84. The number of carbonyl (C=O) groups excluding carboxylic acids is 2. The fourth-order valence-electron chi connectivity index (χ4n) is 11.7. The molecule has 3 aliphatic heterocycles. The third-order valence-electron chi connectivity index (χ3n) is 13.0. The second-order valence-electron chi connectivity index (χ2n) is 14.2. The molecular weight excluding hydrogens is 524 g/mol. The first-order valence-corrected chi connectivity index (χ1v) is 14.1. The standard InChI is InChI=1S/C29H36O11/c1-22(19(32)14-6-9-36-12-14)7-8-26-24(3)15(10-17(30)35-5)23(2)13-27(24)28(34,20(23)33)21-29(26,16(22)11-18(31)37-21)40-25(4,38-26)39-27/h6,9,12,15-16,19-21,32-34H,7-8,10-11,13H2,1-5H3. The molecule has 13 unspecified atom stereocenters. The zero-order valence-electron chi connectivity index (χ0n) is 23.3. The first kappa shape index (κ1) is 25.7. The Morgan fingerprint density at radius 1 is 1.15 bits per heavy atom. The molecule has 11 heteroatoms. The molecule has 11 nitrogen and oxygen atoms in total. The van der Waals surface area contributed by atoms with Crippen LogP contribution < -0.4 is 0 Å². The van der Waals surface area contributed by atoms with Crippen LogP contribution in [0.2, 0.25) is 0 Å². The van der Waals surface area contributed by atoms with Gasteiger partial charge in [-0.25, -0.2) is 0 Å². The Hall–Kier alpha value is -2.02. The molecule has 1 aromatic rings. The fourth-order valence-corrected chi connectivity index (χ4v) is 11.7. The van der Waals surface area contributed by atoms with Crippen LogP contribution >= 0.6 is 0 Å². The van der Waals surface area contributed by atoms with Crippen molar-refractivity contribution in [2.24, 2.45) is 28.1 Å². The number of aliphatic hydroxyl groups is 3. The minimum Gasteiger partial charge on any atom is -0.472 e. The molecule has 3 N–H and O–H groups in total. The topological polar surface area (TPSA) is 154 Å². The summed E-state index contributed by atoms with van der Waals surface area (Å²) in [6.45, 7) is 7.40. The lowest BCUT2D eigenvalue weighted by Gasteiger charge is -2.77. The Morgan fingerprint density at radius 2 is 1.88 bits per heavy atom. The van der Waals surface area contributed by atoms with Crippen molar-refractivity contribution in [1.82, 2.24) is 0 Å². The molecule has 40 heavy (non-hydrogen) atoms. The van der Waals surface area contributed by atoms with Gasteiger partial charge >= 0.3 is 11.9 Å². The van der Waals surface area contributed by atoms with E-state index in [2.05, 4.69) is 0 Å². The number of furan rings is 1. The third-order valence-corrected chi connectivity index (χ3v) is 13.0. The maximum Gasteiger partial charge on any atom is 0.306 e. The molecule has 0 amide bonds. The monoisotopic (exact) mass is 560 g/mol. The molecule has 1 aromatic heterocycles. The van der Waals surface area contributed by atoms with Crippen molar-refractivity contribution in [2.45, 2.75) is 106 Å². The molecular formula is C29H36O11. The van der Waals surface area contributed by atoms with E-state index in [0.29, 0.717) is 18.4 Å². The normalized spacial score (nSPS) is 59.0. The zero-order chi connectivity index (χ0) is 28.5. The Morgan fingerprint density at radius 3 is 2.55 bits per heavy atom. The lowest BCUT2D eigenvalue weighted by atomic mass is 9.33. The van der Waals surface area contributed by atoms with Crippen LogP contribution in [0.1, 0.15) is 71.5 Å². The van der Waals surface area contributed by atoms with Crippen molar-refractivity contribution in [2.75, 3.05) is 7.11 Å². The molecule has 4 heterocycles. The molecule has 4 bridgehead atoms. The quantitative estimate of drug-likeness (QED) is 0.461. The molecule has 3 saturated heterocycles. The van der Waals surface area contributed by atoms with Crippen molar-refractivity contribution in [3.05, 3.63) is 24.2 Å². The molecule has 7 fully saturated rings. The first-order valence-electron chi connectivity index (χ1n) is 14.1. The summed E-state index contributed by atoms with van der Waals surface area (Å²) in [6, 6.07) is 1.69. The number of ether oxygens (including phenoxy) is 5. The molecule has 218 valence electrons. The highest BCUT2D eigenvalue weighted by atomic mass is 16.9. The van der Waals surface area contributed by atoms with E-state index in [1.165, 1.54) is 19.6 Å². The van der Waals surface area contributed by atoms with Gasteiger partial charge in [-0.15, -0.1) is 0 Å². The maximum atomic E-state index is 13.4. The molecule has 8 rings (SSSR count). The summed E-state index contributed by atoms with van der Waals surface area (Å²) in [4.78, 5) is 26.3. The molecule has 7 aliphatic rings. The van der Waals surface area contributed by atoms with E-state index in [1.807, 2.05) is 20.8 Å². The van der Waals surface area contributed by atoms with Crippen molar-refractivity contribution >= 4 is 11.9 Å². The van der Waals surface area contributed by atoms with E-state index < -0.39 is 86.7 Å². The second kappa shape index (κ2) is 6.79. The van der Waals surface area contributed by atoms with Crippen LogP contribution in [0.15, 0.2) is 23.0 Å². The molecule has 0 radical (unpaired) electrons. The summed E-state index contributed by atoms with van der Waals surface area (Å²) in [5, 5.41) is 36.8. The van der Waals surface area contributed by atoms with Crippen LogP contribution in [0.4, 0.5) is 0 Å². The van der Waals surface area contributed by atoms with Gasteiger partial charge in [0.05, 0.1) is 38.3 Å². The van der Waals surface area contributed by atoms with Crippen LogP contribution in [0.3, 0.4) is 0 Å². The number of carbonyl (C=O) groups is 2. The summed E-state index contributed by atoms with van der Waals surface area (Å²) in [5.41, 5.74) is -8.63. The van der Waals surface area contributed by atoms with Gasteiger partial charge < -0.3 is 43.4 Å². The van der Waals surface area contributed by atoms with Crippen molar-refractivity contribution in [1.29, 1.82) is 0 Å². The predicted octanol–water partition coefficient (Wildman–Crippen LogP) is 1.73. The van der Waals surface area contributed by atoms with Gasteiger partial charge in [-0.3, -0.25) is 9.59 Å². The average molecular weight is 561 g/mol. The SMILES string of the molecule is COC(=O)CC1C2(C)CC34OC5(C)OC67C(CC(=O)OC6C3(O)C2O)C(C)(C(O)c2ccoc2)CCC7(O5)C14C. The minimum absolute atomic E-state index is 0.0241. The third kappa shape index (κ3) is 2.12. The summed E-state index contributed by atoms with van der Waals surface area (Å²) in [6.07, 6.45) is 0.0916. The summed E-state index contributed by atoms with van der Waals surface area (Å²) >= 11 is 0. The molecule has 3 spiro atoms. The van der Waals surface area contributed by atoms with Gasteiger partial charge in [0.15, 0.2) is 11.7 Å². The van der Waals surface area contributed by atoms with Crippen molar-refractivity contribution < 1.29 is 53.0 Å². The van der Waals surface area contributed by atoms with E-state index in [1.54, 1.807) is 13.0 Å². The predicted molar refractivity (Wildman–Crippen MR) is 131 cm³/mol. The maximum absolute atomic E-state index is 13.4. The number of rotatable bonds is 4. The molecule has 0 aromatic carbocycles. The highest BCUT2D eigenvalue weighted by Crippen LogP contribution is 2.89. The number of methoxy groups -OCH3 is 1. The van der Waals surface area contributed by atoms with Gasteiger partial charge in [-0.2, -0.15) is 0 Å². The highest BCUT2D eigenvalue weighted by Gasteiger charge is 3.03. The minimum atomic E-state index is -2.07. The summed E-state index contributed by atoms with van der Waals surface area (Å²) < 4.78 is 37.0. The first-order chi connectivity index (χ1) is 18.7. The van der Waals surface area contributed by atoms with Crippen molar-refractivity contribution in [3.8, 4) is 0 Å². The lowest BCUT2D eigenvalue weighted by Crippen LogP contribution is -2.94. The number of esters is 2. The van der Waals surface area contributed by atoms with Gasteiger partial charge in [0.2, 0.25) is 0 Å². The van der Waals surface area contributed by atoms with Crippen LogP contribution in [-0.2, 0) is 33.3 Å². The fraction of sp³-hybridized carbons (Fsp3) is 0.793. The Bertz CT molecular complexity index is 1350. The van der Waals surface area contributed by atoms with Crippen LogP contribution in [0.25, 0.3) is 0 Å². The number of hydrogen-bond donors (Lipinski definition) is 3. The Kier molecular flexibility index (Phi) is 4.36. The van der Waals surface area contributed by atoms with Crippen LogP contribution in [0, 0.1) is 28.1 Å². The van der Waals surface area contributed by atoms with E-state index in [0.717, 1.165) is 0 Å². The van der Waals surface area contributed by atoms with Gasteiger partial charge in [0, 0.05) is 41.1 Å². The molecule has 4 aliphatic carbocycles. The van der Waals surface area contributed by atoms with Gasteiger partial charge in [0.1, 0.15) is 16.8 Å². The highest BCUT2D eigenvalue weighted by molar-refractivity contribution is 5.74. The number of hydrogen-bond acceptors (Lipinski definition) is 11.